The lowest BCUT2D eigenvalue weighted by molar-refractivity contribution is 0.0557. The molecule has 0 aliphatic carbocycles. The molecule has 0 bridgehead atoms. The monoisotopic (exact) mass is 374 g/mol. The largest absolute Gasteiger partial charge is 0.399 e. The van der Waals surface area contributed by atoms with Crippen molar-refractivity contribution in [1.29, 1.82) is 0 Å². The average Bonchev–Trinajstić information content (AvgIpc) is 2.24. The van der Waals surface area contributed by atoms with Gasteiger partial charge in [0.2, 0.25) is 0 Å². The zero-order chi connectivity index (χ0) is 14.8. The summed E-state index contributed by atoms with van der Waals surface area (Å²) >= 11 is 4.60. The van der Waals surface area contributed by atoms with Crippen molar-refractivity contribution in [3.05, 3.63) is 33.8 Å². The molecule has 0 unspecified atom stereocenters. The van der Waals surface area contributed by atoms with Gasteiger partial charge in [0, 0.05) is 15.8 Å². The second kappa shape index (κ2) is 6.22. The van der Waals surface area contributed by atoms with Crippen molar-refractivity contribution in [2.24, 2.45) is 0 Å². The van der Waals surface area contributed by atoms with E-state index in [1.54, 1.807) is 11.8 Å². The Kier molecular flexibility index (Phi) is 5.61. The third kappa shape index (κ3) is 4.26. The molecule has 8 heteroatoms. The molecule has 0 radical (unpaired) electrons. The van der Waals surface area contributed by atoms with Crippen molar-refractivity contribution in [2.75, 3.05) is 0 Å². The van der Waals surface area contributed by atoms with Gasteiger partial charge in [-0.3, -0.25) is 4.57 Å². The first-order valence-electron chi connectivity index (χ1n) is 5.39. The maximum Gasteiger partial charge on any atom is 0.399 e. The summed E-state index contributed by atoms with van der Waals surface area (Å²) in [4.78, 5) is 17.4. The zero-order valence-electron chi connectivity index (χ0n) is 10.3. The molecule has 0 amide bonds. The minimum absolute atomic E-state index is 0.00248. The van der Waals surface area contributed by atoms with Crippen LogP contribution < -0.4 is 0 Å². The van der Waals surface area contributed by atoms with E-state index in [2.05, 4.69) is 15.9 Å². The fraction of sp³-hybridized carbons (Fsp3) is 0.455. The molecule has 19 heavy (non-hydrogen) atoms. The first kappa shape index (κ1) is 17.1. The fourth-order valence-corrected chi connectivity index (χ4v) is 3.35. The summed E-state index contributed by atoms with van der Waals surface area (Å²) in [6.45, 7) is 4.05. The van der Waals surface area contributed by atoms with Gasteiger partial charge >= 0.3 is 13.3 Å². The van der Waals surface area contributed by atoms with E-state index in [1.165, 1.54) is 12.1 Å². The molecule has 0 aromatic heterocycles. The van der Waals surface area contributed by atoms with Crippen LogP contribution in [0.4, 0.5) is 8.78 Å². The lowest BCUT2D eigenvalue weighted by Gasteiger charge is -2.19. The van der Waals surface area contributed by atoms with E-state index in [0.717, 1.165) is 11.6 Å². The Balaban J connectivity index is 3.04. The Morgan fingerprint density at radius 3 is 2.42 bits per heavy atom. The molecule has 108 valence electrons. The summed E-state index contributed by atoms with van der Waals surface area (Å²) in [7, 11) is -5.53. The molecule has 1 aromatic rings. The van der Waals surface area contributed by atoms with Gasteiger partial charge in [-0.1, -0.05) is 41.9 Å². The second-order valence-electron chi connectivity index (χ2n) is 4.26. The van der Waals surface area contributed by atoms with E-state index in [4.69, 9.17) is 9.79 Å². The van der Waals surface area contributed by atoms with Gasteiger partial charge in [0.15, 0.2) is 0 Å². The standard InChI is InChI=1S/C11H14BrF2O3PS/c1-7(2)19-6-8-3-4-9(10(12)5-8)11(13,14)18(15,16)17/h3-5,7H,6H2,1-2H3,(H2,15,16,17). The molecular formula is C11H14BrF2O3PS. The molecule has 0 saturated heterocycles. The highest BCUT2D eigenvalue weighted by atomic mass is 79.9. The van der Waals surface area contributed by atoms with E-state index < -0.39 is 18.8 Å². The van der Waals surface area contributed by atoms with Crippen molar-refractivity contribution in [3.63, 3.8) is 0 Å². The molecule has 2 N–H and O–H groups in total. The van der Waals surface area contributed by atoms with E-state index in [-0.39, 0.29) is 4.47 Å². The number of alkyl halides is 2. The normalized spacial score (nSPS) is 13.1. The lowest BCUT2D eigenvalue weighted by atomic mass is 10.1. The van der Waals surface area contributed by atoms with Crippen LogP contribution >= 0.6 is 35.3 Å². The molecule has 1 aromatic carbocycles. The van der Waals surface area contributed by atoms with Crippen LogP contribution in [0.15, 0.2) is 22.7 Å². The van der Waals surface area contributed by atoms with Crippen molar-refractivity contribution < 1.29 is 23.1 Å². The summed E-state index contributed by atoms with van der Waals surface area (Å²) in [6, 6.07) is 3.98. The van der Waals surface area contributed by atoms with Crippen LogP contribution in [0.3, 0.4) is 0 Å². The van der Waals surface area contributed by atoms with E-state index in [1.807, 2.05) is 13.8 Å². The first-order chi connectivity index (χ1) is 8.55. The number of hydrogen-bond acceptors (Lipinski definition) is 2. The molecule has 0 aliphatic heterocycles. The smallest absolute Gasteiger partial charge is 0.320 e. The molecule has 0 fully saturated rings. The summed E-state index contributed by atoms with van der Waals surface area (Å²) in [5, 5.41) is 0.412. The number of thioether (sulfide) groups is 1. The Hall–Kier alpha value is 0.0600. The van der Waals surface area contributed by atoms with Gasteiger partial charge in [-0.05, 0) is 16.9 Å². The van der Waals surface area contributed by atoms with E-state index >= 15 is 0 Å². The average molecular weight is 375 g/mol. The first-order valence-corrected chi connectivity index (χ1v) is 8.85. The van der Waals surface area contributed by atoms with Crippen LogP contribution in [0, 0.1) is 0 Å². The summed E-state index contributed by atoms with van der Waals surface area (Å²) in [6.07, 6.45) is 0. The molecule has 1 rings (SSSR count). The quantitative estimate of drug-likeness (QED) is 0.753. The van der Waals surface area contributed by atoms with Gasteiger partial charge in [-0.25, -0.2) is 0 Å². The number of benzene rings is 1. The predicted octanol–water partition coefficient (Wildman–Crippen LogP) is 4.32. The Morgan fingerprint density at radius 2 is 2.00 bits per heavy atom. The van der Waals surface area contributed by atoms with Gasteiger partial charge in [0.1, 0.15) is 0 Å². The minimum atomic E-state index is -5.53. The van der Waals surface area contributed by atoms with Gasteiger partial charge in [0.05, 0.1) is 0 Å². The molecule has 0 spiro atoms. The summed E-state index contributed by atoms with van der Waals surface area (Å²) in [5.74, 6) is 0.651. The van der Waals surface area contributed by atoms with Crippen molar-refractivity contribution in [3.8, 4) is 0 Å². The van der Waals surface area contributed by atoms with Gasteiger partial charge in [0.25, 0.3) is 0 Å². The third-order valence-electron chi connectivity index (χ3n) is 2.31. The minimum Gasteiger partial charge on any atom is -0.320 e. The number of rotatable bonds is 5. The molecule has 0 aliphatic rings. The predicted molar refractivity (Wildman–Crippen MR) is 76.5 cm³/mol. The summed E-state index contributed by atoms with van der Waals surface area (Å²) < 4.78 is 38.0. The van der Waals surface area contributed by atoms with Gasteiger partial charge in [-0.2, -0.15) is 20.5 Å². The van der Waals surface area contributed by atoms with Crippen LogP contribution in [0.1, 0.15) is 25.0 Å². The second-order valence-corrected chi connectivity index (χ2v) is 8.33. The van der Waals surface area contributed by atoms with E-state index in [0.29, 0.717) is 11.0 Å². The van der Waals surface area contributed by atoms with Crippen LogP contribution in [0.2, 0.25) is 0 Å². The Morgan fingerprint density at radius 1 is 1.42 bits per heavy atom. The van der Waals surface area contributed by atoms with Gasteiger partial charge < -0.3 is 9.79 Å². The summed E-state index contributed by atoms with van der Waals surface area (Å²) in [5.41, 5.74) is -4.06. The Labute approximate surface area is 123 Å². The van der Waals surface area contributed by atoms with Crippen LogP contribution in [0.25, 0.3) is 0 Å². The van der Waals surface area contributed by atoms with Crippen LogP contribution in [-0.4, -0.2) is 15.0 Å². The number of hydrogen-bond donors (Lipinski definition) is 2. The highest BCUT2D eigenvalue weighted by Gasteiger charge is 2.51. The highest BCUT2D eigenvalue weighted by Crippen LogP contribution is 2.60. The maximum absolute atomic E-state index is 13.6. The van der Waals surface area contributed by atoms with Crippen molar-refractivity contribution in [1.82, 2.24) is 0 Å². The molecular weight excluding hydrogens is 361 g/mol. The van der Waals surface area contributed by atoms with Crippen molar-refractivity contribution in [2.45, 2.75) is 30.5 Å². The van der Waals surface area contributed by atoms with Gasteiger partial charge in [-0.15, -0.1) is 0 Å². The molecule has 0 saturated carbocycles. The maximum atomic E-state index is 13.6. The highest BCUT2D eigenvalue weighted by molar-refractivity contribution is 9.10. The molecule has 3 nitrogen and oxygen atoms in total. The Bertz CT molecular complexity index is 505. The van der Waals surface area contributed by atoms with Crippen LogP contribution in [-0.2, 0) is 16.0 Å². The van der Waals surface area contributed by atoms with E-state index in [9.17, 15) is 13.3 Å². The van der Waals surface area contributed by atoms with Crippen molar-refractivity contribution >= 4 is 35.3 Å². The lowest BCUT2D eigenvalue weighted by Crippen LogP contribution is -2.14. The third-order valence-corrected chi connectivity index (χ3v) is 5.10. The zero-order valence-corrected chi connectivity index (χ0v) is 13.6. The molecule has 0 atom stereocenters. The fourth-order valence-electron chi connectivity index (χ4n) is 1.31. The van der Waals surface area contributed by atoms with Crippen LogP contribution in [0.5, 0.6) is 0 Å². The number of halogens is 3. The molecule has 0 heterocycles. The topological polar surface area (TPSA) is 57.5 Å². The SMILES string of the molecule is CC(C)SCc1ccc(C(F)(F)P(=O)(O)O)c(Br)c1.